The first-order chi connectivity index (χ1) is 18.4. The minimum Gasteiger partial charge on any atom is -0.488 e. The van der Waals surface area contributed by atoms with Crippen LogP contribution in [0, 0.1) is 19.8 Å². The number of aliphatic carboxylic acids is 1. The molecule has 2 heterocycles. The van der Waals surface area contributed by atoms with Gasteiger partial charge in [0.15, 0.2) is 5.13 Å². The van der Waals surface area contributed by atoms with E-state index in [9.17, 15) is 14.7 Å². The van der Waals surface area contributed by atoms with Gasteiger partial charge in [0.1, 0.15) is 12.4 Å². The van der Waals surface area contributed by atoms with Gasteiger partial charge in [0.2, 0.25) is 0 Å². The fourth-order valence-corrected chi connectivity index (χ4v) is 6.16. The van der Waals surface area contributed by atoms with Crippen molar-refractivity contribution in [3.63, 3.8) is 0 Å². The van der Waals surface area contributed by atoms with Crippen LogP contribution in [0.5, 0.6) is 5.75 Å². The molecule has 0 bridgehead atoms. The normalized spacial score (nSPS) is 19.4. The average Bonchev–Trinajstić information content (AvgIpc) is 3.59. The fourth-order valence-electron chi connectivity index (χ4n) is 5.37. The van der Waals surface area contributed by atoms with E-state index in [1.54, 1.807) is 0 Å². The standard InChI is InChI=1S/C30H35N3O4S/c1-19-6-11-27(25(14-19)26-18-38-30(32-26)31-24-10-9-22(16-24)29(35)36)37-17-23-8-7-21(15-20(23)2)28(34)33-12-4-3-5-13-33/h6-8,11,14-15,18,22,24H,3-5,9-10,12-13,16-17H2,1-2H3,(H,31,32)(H,35,36)/t22-,24?/m1/s1. The molecule has 2 aromatic carbocycles. The maximum Gasteiger partial charge on any atom is 0.306 e. The summed E-state index contributed by atoms with van der Waals surface area (Å²) in [6.07, 6.45) is 5.54. The number of piperidine rings is 1. The lowest BCUT2D eigenvalue weighted by Gasteiger charge is -2.27. The van der Waals surface area contributed by atoms with E-state index < -0.39 is 5.97 Å². The molecule has 0 spiro atoms. The fraction of sp³-hybridized carbons (Fsp3) is 0.433. The summed E-state index contributed by atoms with van der Waals surface area (Å²) in [6.45, 7) is 6.16. The lowest BCUT2D eigenvalue weighted by Crippen LogP contribution is -2.35. The molecule has 1 saturated carbocycles. The topological polar surface area (TPSA) is 91.8 Å². The predicted molar refractivity (Wildman–Crippen MR) is 150 cm³/mol. The van der Waals surface area contributed by atoms with Crippen LogP contribution in [-0.4, -0.2) is 46.0 Å². The van der Waals surface area contributed by atoms with Crippen LogP contribution in [0.1, 0.15) is 65.6 Å². The van der Waals surface area contributed by atoms with Gasteiger partial charge in [-0.05, 0) is 87.8 Å². The highest BCUT2D eigenvalue weighted by atomic mass is 32.1. The molecule has 2 atom stereocenters. The molecule has 1 aliphatic carbocycles. The number of hydrogen-bond acceptors (Lipinski definition) is 6. The molecule has 2 aliphatic rings. The highest BCUT2D eigenvalue weighted by Gasteiger charge is 2.30. The molecule has 2 fully saturated rings. The number of thiazole rings is 1. The van der Waals surface area contributed by atoms with Gasteiger partial charge in [0.25, 0.3) is 5.91 Å². The molecule has 1 aliphatic heterocycles. The number of hydrogen-bond donors (Lipinski definition) is 2. The van der Waals surface area contributed by atoms with Gasteiger partial charge in [-0.15, -0.1) is 11.3 Å². The summed E-state index contributed by atoms with van der Waals surface area (Å²) >= 11 is 1.53. The van der Waals surface area contributed by atoms with Crippen molar-refractivity contribution in [3.05, 3.63) is 64.0 Å². The Labute approximate surface area is 227 Å². The third-order valence-electron chi connectivity index (χ3n) is 7.64. The summed E-state index contributed by atoms with van der Waals surface area (Å²) in [5.41, 5.74) is 5.71. The third-order valence-corrected chi connectivity index (χ3v) is 8.41. The second-order valence-corrected chi connectivity index (χ2v) is 11.4. The van der Waals surface area contributed by atoms with Gasteiger partial charge in [0.05, 0.1) is 11.6 Å². The van der Waals surface area contributed by atoms with Crippen LogP contribution < -0.4 is 10.1 Å². The molecule has 2 N–H and O–H groups in total. The van der Waals surface area contributed by atoms with Crippen LogP contribution in [0.3, 0.4) is 0 Å². The number of nitrogens with one attached hydrogen (secondary N) is 1. The Morgan fingerprint density at radius 3 is 2.66 bits per heavy atom. The highest BCUT2D eigenvalue weighted by molar-refractivity contribution is 7.14. The van der Waals surface area contributed by atoms with Gasteiger partial charge in [-0.25, -0.2) is 4.98 Å². The monoisotopic (exact) mass is 533 g/mol. The first-order valence-corrected chi connectivity index (χ1v) is 14.3. The number of carbonyl (C=O) groups excluding carboxylic acids is 1. The molecular weight excluding hydrogens is 498 g/mol. The van der Waals surface area contributed by atoms with Crippen LogP contribution in [0.2, 0.25) is 0 Å². The molecule has 1 unspecified atom stereocenters. The van der Waals surface area contributed by atoms with Crippen molar-refractivity contribution >= 4 is 28.3 Å². The van der Waals surface area contributed by atoms with Crippen molar-refractivity contribution in [3.8, 4) is 17.0 Å². The summed E-state index contributed by atoms with van der Waals surface area (Å²) in [4.78, 5) is 30.9. The lowest BCUT2D eigenvalue weighted by molar-refractivity contribution is -0.141. The zero-order valence-electron chi connectivity index (χ0n) is 22.0. The molecule has 1 aromatic heterocycles. The molecule has 1 saturated heterocycles. The summed E-state index contributed by atoms with van der Waals surface area (Å²) in [5, 5.41) is 15.5. The number of ether oxygens (including phenoxy) is 1. The minimum atomic E-state index is -0.714. The molecule has 0 radical (unpaired) electrons. The number of benzene rings is 2. The Hall–Kier alpha value is -3.39. The molecule has 38 heavy (non-hydrogen) atoms. The summed E-state index contributed by atoms with van der Waals surface area (Å²) in [5.74, 6) is -0.115. The number of carbonyl (C=O) groups is 2. The zero-order valence-corrected chi connectivity index (χ0v) is 22.9. The van der Waals surface area contributed by atoms with Crippen LogP contribution in [0.15, 0.2) is 41.8 Å². The van der Waals surface area contributed by atoms with Crippen molar-refractivity contribution in [2.45, 2.75) is 65.0 Å². The molecule has 7 nitrogen and oxygen atoms in total. The van der Waals surface area contributed by atoms with Gasteiger partial charge in [-0.3, -0.25) is 9.59 Å². The number of amides is 1. The number of aromatic nitrogens is 1. The van der Waals surface area contributed by atoms with Crippen LogP contribution in [0.25, 0.3) is 11.3 Å². The predicted octanol–water partition coefficient (Wildman–Crippen LogP) is 6.30. The second-order valence-electron chi connectivity index (χ2n) is 10.5. The van der Waals surface area contributed by atoms with Crippen molar-refractivity contribution in [2.24, 2.45) is 5.92 Å². The first-order valence-electron chi connectivity index (χ1n) is 13.4. The number of carboxylic acids is 1. The van der Waals surface area contributed by atoms with Crippen molar-refractivity contribution in [2.75, 3.05) is 18.4 Å². The molecule has 5 rings (SSSR count). The molecule has 1 amide bonds. The Morgan fingerprint density at radius 2 is 1.92 bits per heavy atom. The Balaban J connectivity index is 1.26. The quantitative estimate of drug-likeness (QED) is 0.353. The summed E-state index contributed by atoms with van der Waals surface area (Å²) in [6, 6.07) is 12.1. The number of likely N-dealkylation sites (tertiary alicyclic amines) is 1. The number of rotatable bonds is 8. The summed E-state index contributed by atoms with van der Waals surface area (Å²) in [7, 11) is 0. The van der Waals surface area contributed by atoms with Gasteiger partial charge < -0.3 is 20.1 Å². The molecule has 200 valence electrons. The van der Waals surface area contributed by atoms with E-state index in [-0.39, 0.29) is 17.9 Å². The Morgan fingerprint density at radius 1 is 1.11 bits per heavy atom. The van der Waals surface area contributed by atoms with Crippen molar-refractivity contribution in [1.82, 2.24) is 9.88 Å². The number of aryl methyl sites for hydroxylation is 2. The molecule has 3 aromatic rings. The van der Waals surface area contributed by atoms with Crippen LogP contribution in [-0.2, 0) is 11.4 Å². The van der Waals surface area contributed by atoms with Gasteiger partial charge in [0, 0.05) is 35.6 Å². The van der Waals surface area contributed by atoms with Crippen molar-refractivity contribution in [1.29, 1.82) is 0 Å². The minimum absolute atomic E-state index is 0.116. The van der Waals surface area contributed by atoms with E-state index in [0.29, 0.717) is 19.4 Å². The van der Waals surface area contributed by atoms with Gasteiger partial charge >= 0.3 is 5.97 Å². The number of carboxylic acid groups (broad SMARTS) is 1. The second kappa shape index (κ2) is 11.6. The number of anilines is 1. The molecule has 8 heteroatoms. The Bertz CT molecular complexity index is 1310. The van der Waals surface area contributed by atoms with E-state index in [0.717, 1.165) is 76.7 Å². The zero-order chi connectivity index (χ0) is 26.6. The van der Waals surface area contributed by atoms with E-state index >= 15 is 0 Å². The van der Waals surface area contributed by atoms with E-state index in [1.807, 2.05) is 54.5 Å². The Kier molecular flexibility index (Phi) is 7.98. The van der Waals surface area contributed by atoms with E-state index in [1.165, 1.54) is 17.8 Å². The molecular formula is C30H35N3O4S. The maximum atomic E-state index is 12.9. The van der Waals surface area contributed by atoms with Crippen molar-refractivity contribution < 1.29 is 19.4 Å². The smallest absolute Gasteiger partial charge is 0.306 e. The van der Waals surface area contributed by atoms with Crippen LogP contribution in [0.4, 0.5) is 5.13 Å². The summed E-state index contributed by atoms with van der Waals surface area (Å²) < 4.78 is 6.30. The van der Waals surface area contributed by atoms with Gasteiger partial charge in [-0.1, -0.05) is 17.7 Å². The number of nitrogens with zero attached hydrogens (tertiary/aromatic N) is 2. The van der Waals surface area contributed by atoms with E-state index in [2.05, 4.69) is 11.4 Å². The lowest BCUT2D eigenvalue weighted by atomic mass is 10.0. The average molecular weight is 534 g/mol. The maximum absolute atomic E-state index is 12.9. The van der Waals surface area contributed by atoms with E-state index in [4.69, 9.17) is 9.72 Å². The largest absolute Gasteiger partial charge is 0.488 e. The van der Waals surface area contributed by atoms with Crippen LogP contribution >= 0.6 is 11.3 Å². The SMILES string of the molecule is Cc1ccc(OCc2ccc(C(=O)N3CCCCC3)cc2C)c(-c2csc(NC3CC[C@@H](C(=O)O)C3)n2)c1. The highest BCUT2D eigenvalue weighted by Crippen LogP contribution is 2.35. The first kappa shape index (κ1) is 26.2. The van der Waals surface area contributed by atoms with Gasteiger partial charge in [-0.2, -0.15) is 0 Å². The third kappa shape index (κ3) is 6.01.